The topological polar surface area (TPSA) is 59.2 Å². The van der Waals surface area contributed by atoms with E-state index >= 15 is 0 Å². The normalized spacial score (nSPS) is 12.6. The fraction of sp³-hybridized carbons (Fsp3) is 0.185. The molecule has 5 heteroatoms. The van der Waals surface area contributed by atoms with Gasteiger partial charge < -0.3 is 4.74 Å². The summed E-state index contributed by atoms with van der Waals surface area (Å²) in [5, 5.41) is 0. The van der Waals surface area contributed by atoms with Gasteiger partial charge in [-0.15, -0.1) is 0 Å². The van der Waals surface area contributed by atoms with E-state index in [0.29, 0.717) is 0 Å². The molecule has 3 rings (SSSR count). The first-order valence-corrected chi connectivity index (χ1v) is 10.6. The molecule has 0 atom stereocenters. The Kier molecular flexibility index (Phi) is 8.21. The Morgan fingerprint density at radius 3 is 2.12 bits per heavy atom. The van der Waals surface area contributed by atoms with Crippen molar-refractivity contribution >= 4 is 29.5 Å². The number of hydrogen-bond acceptors (Lipinski definition) is 5. The highest BCUT2D eigenvalue weighted by molar-refractivity contribution is 6.38. The highest BCUT2D eigenvalue weighted by Gasteiger charge is 2.00. The minimum atomic E-state index is 0.745. The van der Waals surface area contributed by atoms with Crippen molar-refractivity contribution in [3.63, 3.8) is 0 Å². The second-order valence-electron chi connectivity index (χ2n) is 7.22. The molecule has 3 aromatic rings. The quantitative estimate of drug-likeness (QED) is 0.363. The monoisotopic (exact) mass is 424 g/mol. The van der Waals surface area contributed by atoms with Gasteiger partial charge >= 0.3 is 0 Å². The van der Waals surface area contributed by atoms with E-state index < -0.39 is 0 Å². The molecule has 0 saturated carbocycles. The van der Waals surface area contributed by atoms with Gasteiger partial charge in [-0.25, -0.2) is 0 Å². The summed E-state index contributed by atoms with van der Waals surface area (Å²) >= 11 is 0. The lowest BCUT2D eigenvalue weighted by atomic mass is 10.1. The van der Waals surface area contributed by atoms with Crippen LogP contribution >= 0.6 is 0 Å². The van der Waals surface area contributed by atoms with Crippen LogP contribution in [0.15, 0.2) is 93.5 Å². The zero-order valence-electron chi connectivity index (χ0n) is 19.0. The standard InChI is InChI=1S/C27H28N4O/c1-5-7-20(2)26(28-4)18-30-22-9-13-24(14-10-22)32-25-15-11-23(12-16-25)31-19-27-21(3)8-6-17-29-27/h6-19H,5H2,1-4H3/b20-7-,28-26?,30-18?,31-19?. The average Bonchev–Trinajstić information content (AvgIpc) is 2.81. The first kappa shape index (κ1) is 22.8. The van der Waals surface area contributed by atoms with Crippen molar-refractivity contribution < 1.29 is 4.74 Å². The molecule has 0 spiro atoms. The van der Waals surface area contributed by atoms with E-state index in [-0.39, 0.29) is 0 Å². The highest BCUT2D eigenvalue weighted by atomic mass is 16.5. The minimum Gasteiger partial charge on any atom is -0.457 e. The number of ether oxygens (including phenoxy) is 1. The Hall–Kier alpha value is -3.86. The van der Waals surface area contributed by atoms with Gasteiger partial charge in [-0.05, 0) is 86.0 Å². The summed E-state index contributed by atoms with van der Waals surface area (Å²) in [5.41, 5.74) is 5.65. The molecule has 0 saturated heterocycles. The van der Waals surface area contributed by atoms with Crippen molar-refractivity contribution in [1.29, 1.82) is 0 Å². The molecule has 32 heavy (non-hydrogen) atoms. The molecule has 0 fully saturated rings. The Labute approximate surface area is 190 Å². The van der Waals surface area contributed by atoms with Crippen molar-refractivity contribution in [1.82, 2.24) is 4.98 Å². The molecule has 0 amide bonds. The first-order valence-electron chi connectivity index (χ1n) is 10.6. The van der Waals surface area contributed by atoms with Crippen molar-refractivity contribution in [3.8, 4) is 11.5 Å². The molecular formula is C27H28N4O. The van der Waals surface area contributed by atoms with Crippen LogP contribution in [0.5, 0.6) is 11.5 Å². The molecule has 0 aliphatic carbocycles. The average molecular weight is 425 g/mol. The maximum absolute atomic E-state index is 5.94. The van der Waals surface area contributed by atoms with Crippen LogP contribution in [0.2, 0.25) is 0 Å². The van der Waals surface area contributed by atoms with Crippen LogP contribution in [0.25, 0.3) is 0 Å². The molecule has 162 valence electrons. The lowest BCUT2D eigenvalue weighted by Crippen LogP contribution is -2.01. The van der Waals surface area contributed by atoms with Gasteiger partial charge in [0.15, 0.2) is 0 Å². The van der Waals surface area contributed by atoms with Crippen LogP contribution in [0.1, 0.15) is 31.5 Å². The molecular weight excluding hydrogens is 396 g/mol. The Morgan fingerprint density at radius 1 is 0.938 bits per heavy atom. The van der Waals surface area contributed by atoms with Crippen LogP contribution < -0.4 is 4.74 Å². The summed E-state index contributed by atoms with van der Waals surface area (Å²) in [6.07, 6.45) is 8.45. The fourth-order valence-corrected chi connectivity index (χ4v) is 2.99. The van der Waals surface area contributed by atoms with Crippen molar-refractivity contribution in [2.75, 3.05) is 7.05 Å². The zero-order valence-corrected chi connectivity index (χ0v) is 19.0. The molecule has 0 bridgehead atoms. The maximum Gasteiger partial charge on any atom is 0.127 e. The third kappa shape index (κ3) is 6.57. The molecule has 5 nitrogen and oxygen atoms in total. The van der Waals surface area contributed by atoms with Crippen molar-refractivity contribution in [2.24, 2.45) is 15.0 Å². The van der Waals surface area contributed by atoms with Crippen LogP contribution in [0, 0.1) is 6.92 Å². The number of aryl methyl sites for hydroxylation is 1. The zero-order chi connectivity index (χ0) is 22.8. The summed E-state index contributed by atoms with van der Waals surface area (Å²) in [6.45, 7) is 6.17. The number of allylic oxidation sites excluding steroid dienone is 2. The van der Waals surface area contributed by atoms with E-state index in [9.17, 15) is 0 Å². The van der Waals surface area contributed by atoms with Gasteiger partial charge in [-0.2, -0.15) is 0 Å². The summed E-state index contributed by atoms with van der Waals surface area (Å²) in [4.78, 5) is 17.6. The Morgan fingerprint density at radius 2 is 1.56 bits per heavy atom. The SMILES string of the molecule is CC/C=C(/C)C(C=Nc1ccc(Oc2ccc(N=Cc3ncccc3C)cc2)cc1)=NC. The van der Waals surface area contributed by atoms with E-state index in [1.807, 2.05) is 74.5 Å². The molecule has 1 heterocycles. The van der Waals surface area contributed by atoms with E-state index in [2.05, 4.69) is 33.0 Å². The van der Waals surface area contributed by atoms with Gasteiger partial charge in [0.2, 0.25) is 0 Å². The van der Waals surface area contributed by atoms with Crippen molar-refractivity contribution in [3.05, 3.63) is 89.8 Å². The second kappa shape index (κ2) is 11.5. The Balaban J connectivity index is 1.61. The molecule has 0 aliphatic rings. The number of aromatic nitrogens is 1. The molecule has 0 aliphatic heterocycles. The summed E-state index contributed by atoms with van der Waals surface area (Å²) in [6, 6.07) is 19.2. The van der Waals surface area contributed by atoms with Crippen molar-refractivity contribution in [2.45, 2.75) is 27.2 Å². The second-order valence-corrected chi connectivity index (χ2v) is 7.22. The van der Waals surface area contributed by atoms with Gasteiger partial charge in [0, 0.05) is 13.2 Å². The molecule has 0 unspecified atom stereocenters. The predicted octanol–water partition coefficient (Wildman–Crippen LogP) is 7.06. The van der Waals surface area contributed by atoms with E-state index in [0.717, 1.165) is 51.8 Å². The number of hydrogen-bond donors (Lipinski definition) is 0. The van der Waals surface area contributed by atoms with E-state index in [1.165, 1.54) is 0 Å². The van der Waals surface area contributed by atoms with E-state index in [1.54, 1.807) is 25.7 Å². The van der Waals surface area contributed by atoms with Gasteiger partial charge in [0.1, 0.15) is 11.5 Å². The van der Waals surface area contributed by atoms with Gasteiger partial charge in [0.25, 0.3) is 0 Å². The maximum atomic E-state index is 5.94. The van der Waals surface area contributed by atoms with Crippen LogP contribution in [0.4, 0.5) is 11.4 Å². The van der Waals surface area contributed by atoms with Crippen LogP contribution in [-0.4, -0.2) is 30.2 Å². The van der Waals surface area contributed by atoms with Gasteiger partial charge in [0.05, 0.1) is 35.2 Å². The largest absolute Gasteiger partial charge is 0.457 e. The number of nitrogens with zero attached hydrogens (tertiary/aromatic N) is 4. The highest BCUT2D eigenvalue weighted by Crippen LogP contribution is 2.26. The van der Waals surface area contributed by atoms with Crippen LogP contribution in [0.3, 0.4) is 0 Å². The minimum absolute atomic E-state index is 0.745. The van der Waals surface area contributed by atoms with E-state index in [4.69, 9.17) is 4.74 Å². The Bertz CT molecular complexity index is 1140. The number of rotatable bonds is 8. The fourth-order valence-electron chi connectivity index (χ4n) is 2.99. The molecule has 0 N–H and O–H groups in total. The van der Waals surface area contributed by atoms with Crippen LogP contribution in [-0.2, 0) is 0 Å². The first-order chi connectivity index (χ1) is 15.6. The van der Waals surface area contributed by atoms with Gasteiger partial charge in [-0.1, -0.05) is 19.1 Å². The molecule has 0 radical (unpaired) electrons. The summed E-state index contributed by atoms with van der Waals surface area (Å²) in [7, 11) is 1.78. The third-order valence-electron chi connectivity index (χ3n) is 4.79. The summed E-state index contributed by atoms with van der Waals surface area (Å²) in [5.74, 6) is 1.49. The van der Waals surface area contributed by atoms with Gasteiger partial charge in [-0.3, -0.25) is 20.0 Å². The summed E-state index contributed by atoms with van der Waals surface area (Å²) < 4.78 is 5.94. The number of pyridine rings is 1. The lowest BCUT2D eigenvalue weighted by Gasteiger charge is -2.06. The third-order valence-corrected chi connectivity index (χ3v) is 4.79. The number of aliphatic imine (C=N–C) groups is 3. The smallest absolute Gasteiger partial charge is 0.127 e. The number of benzene rings is 2. The molecule has 2 aromatic carbocycles. The molecule has 1 aromatic heterocycles. The predicted molar refractivity (Wildman–Crippen MR) is 135 cm³/mol. The lowest BCUT2D eigenvalue weighted by molar-refractivity contribution is 0.483.